The number of hydrogen-bond acceptors (Lipinski definition) is 2. The van der Waals surface area contributed by atoms with Crippen LogP contribution in [0.1, 0.15) is 20.7 Å². The zero-order valence-electron chi connectivity index (χ0n) is 9.87. The molecule has 4 nitrogen and oxygen atoms in total. The van der Waals surface area contributed by atoms with Crippen molar-refractivity contribution in [2.45, 2.75) is 0 Å². The van der Waals surface area contributed by atoms with Gasteiger partial charge in [-0.25, -0.2) is 4.79 Å². The summed E-state index contributed by atoms with van der Waals surface area (Å²) in [4.78, 5) is 22.6. The van der Waals surface area contributed by atoms with Gasteiger partial charge >= 0.3 is 5.97 Å². The topological polar surface area (TPSA) is 66.4 Å². The van der Waals surface area contributed by atoms with Crippen molar-refractivity contribution in [2.75, 3.05) is 5.32 Å². The van der Waals surface area contributed by atoms with E-state index in [4.69, 9.17) is 5.11 Å². The largest absolute Gasteiger partial charge is 0.478 e. The number of carboxylic acids is 1. The molecule has 98 valence electrons. The van der Waals surface area contributed by atoms with Gasteiger partial charge in [-0.2, -0.15) is 0 Å². The molecule has 2 aromatic rings. The average molecular weight is 278 g/mol. The van der Waals surface area contributed by atoms with Gasteiger partial charge in [-0.1, -0.05) is 24.3 Å². The smallest absolute Gasteiger partial charge is 0.335 e. The Morgan fingerprint density at radius 3 is 2.16 bits per heavy atom. The Kier molecular flexibility index (Phi) is 5.09. The van der Waals surface area contributed by atoms with Crippen LogP contribution < -0.4 is 5.32 Å². The lowest BCUT2D eigenvalue weighted by Gasteiger charge is -2.05. The van der Waals surface area contributed by atoms with E-state index >= 15 is 0 Å². The van der Waals surface area contributed by atoms with Crippen molar-refractivity contribution in [1.82, 2.24) is 0 Å². The monoisotopic (exact) mass is 277 g/mol. The zero-order chi connectivity index (χ0) is 13.0. The van der Waals surface area contributed by atoms with Crippen molar-refractivity contribution >= 4 is 30.0 Å². The molecule has 2 rings (SSSR count). The second-order valence-electron chi connectivity index (χ2n) is 3.71. The average Bonchev–Trinajstić information content (AvgIpc) is 2.40. The van der Waals surface area contributed by atoms with Gasteiger partial charge in [-0.05, 0) is 30.3 Å². The number of benzene rings is 2. The van der Waals surface area contributed by atoms with Crippen molar-refractivity contribution < 1.29 is 14.7 Å². The molecule has 0 aliphatic carbocycles. The Balaban J connectivity index is 0.00000180. The highest BCUT2D eigenvalue weighted by Gasteiger charge is 2.07. The van der Waals surface area contributed by atoms with Gasteiger partial charge in [0.05, 0.1) is 5.56 Å². The van der Waals surface area contributed by atoms with Crippen molar-refractivity contribution in [1.29, 1.82) is 0 Å². The summed E-state index contributed by atoms with van der Waals surface area (Å²) < 4.78 is 0. The molecular weight excluding hydrogens is 266 g/mol. The molecule has 0 radical (unpaired) electrons. The van der Waals surface area contributed by atoms with E-state index in [-0.39, 0.29) is 23.9 Å². The lowest BCUT2D eigenvalue weighted by molar-refractivity contribution is 0.0696. The number of hydrogen-bond donors (Lipinski definition) is 2. The third-order valence-corrected chi connectivity index (χ3v) is 2.40. The summed E-state index contributed by atoms with van der Waals surface area (Å²) in [6, 6.07) is 14.9. The van der Waals surface area contributed by atoms with E-state index in [1.807, 2.05) is 6.07 Å². The first-order valence-corrected chi connectivity index (χ1v) is 5.36. The summed E-state index contributed by atoms with van der Waals surface area (Å²) in [5, 5.41) is 11.5. The molecule has 0 aromatic heterocycles. The maximum atomic E-state index is 11.8. The van der Waals surface area contributed by atoms with Crippen molar-refractivity contribution in [3.63, 3.8) is 0 Å². The maximum Gasteiger partial charge on any atom is 0.335 e. The van der Waals surface area contributed by atoms with E-state index in [9.17, 15) is 9.59 Å². The van der Waals surface area contributed by atoms with Gasteiger partial charge in [-0.15, -0.1) is 12.4 Å². The molecule has 5 heteroatoms. The minimum atomic E-state index is -1.02. The number of carbonyl (C=O) groups excluding carboxylic acids is 1. The SMILES string of the molecule is Cl.O=C(O)c1cccc(NC(=O)c2ccccc2)c1. The summed E-state index contributed by atoms with van der Waals surface area (Å²) in [5.74, 6) is -1.29. The third kappa shape index (κ3) is 3.82. The lowest BCUT2D eigenvalue weighted by atomic mass is 10.2. The standard InChI is InChI=1S/C14H11NO3.ClH/c16-13(10-5-2-1-3-6-10)15-12-8-4-7-11(9-12)14(17)18;/h1-9H,(H,15,16)(H,17,18);1H. The fourth-order valence-electron chi connectivity index (χ4n) is 1.52. The molecule has 0 saturated carbocycles. The number of carbonyl (C=O) groups is 2. The molecule has 0 unspecified atom stereocenters. The molecule has 1 amide bonds. The summed E-state index contributed by atoms with van der Waals surface area (Å²) in [6.07, 6.45) is 0. The predicted molar refractivity (Wildman–Crippen MR) is 75.0 cm³/mol. The lowest BCUT2D eigenvalue weighted by Crippen LogP contribution is -2.12. The highest BCUT2D eigenvalue weighted by atomic mass is 35.5. The number of nitrogens with one attached hydrogen (secondary N) is 1. The number of anilines is 1. The van der Waals surface area contributed by atoms with Crippen LogP contribution in [-0.2, 0) is 0 Å². The molecule has 0 bridgehead atoms. The Hall–Kier alpha value is -2.33. The molecule has 0 fully saturated rings. The molecule has 19 heavy (non-hydrogen) atoms. The maximum absolute atomic E-state index is 11.8. The first-order valence-electron chi connectivity index (χ1n) is 5.36. The van der Waals surface area contributed by atoms with Crippen molar-refractivity contribution in [2.24, 2.45) is 0 Å². The highest BCUT2D eigenvalue weighted by molar-refractivity contribution is 6.04. The summed E-state index contributed by atoms with van der Waals surface area (Å²) >= 11 is 0. The van der Waals surface area contributed by atoms with E-state index in [0.717, 1.165) is 0 Å². The van der Waals surface area contributed by atoms with E-state index in [0.29, 0.717) is 11.3 Å². The fourth-order valence-corrected chi connectivity index (χ4v) is 1.52. The van der Waals surface area contributed by atoms with Gasteiger partial charge in [-0.3, -0.25) is 4.79 Å². The van der Waals surface area contributed by atoms with Gasteiger partial charge in [0.1, 0.15) is 0 Å². The summed E-state index contributed by atoms with van der Waals surface area (Å²) in [5.41, 5.74) is 1.13. The number of carboxylic acid groups (broad SMARTS) is 1. The zero-order valence-corrected chi connectivity index (χ0v) is 10.7. The second-order valence-corrected chi connectivity index (χ2v) is 3.71. The summed E-state index contributed by atoms with van der Waals surface area (Å²) in [6.45, 7) is 0. The number of rotatable bonds is 3. The second kappa shape index (κ2) is 6.56. The molecule has 0 heterocycles. The van der Waals surface area contributed by atoms with Crippen LogP contribution in [0.2, 0.25) is 0 Å². The Morgan fingerprint density at radius 2 is 1.53 bits per heavy atom. The molecule has 0 spiro atoms. The van der Waals surface area contributed by atoms with Crippen LogP contribution in [0.15, 0.2) is 54.6 Å². The normalized spacial score (nSPS) is 9.26. The third-order valence-electron chi connectivity index (χ3n) is 2.40. The van der Waals surface area contributed by atoms with Crippen LogP contribution in [0, 0.1) is 0 Å². The van der Waals surface area contributed by atoms with E-state index in [2.05, 4.69) is 5.32 Å². The predicted octanol–water partition coefficient (Wildman–Crippen LogP) is 3.06. The molecular formula is C14H12ClNO3. The first-order chi connectivity index (χ1) is 8.66. The van der Waals surface area contributed by atoms with Gasteiger partial charge < -0.3 is 10.4 Å². The highest BCUT2D eigenvalue weighted by Crippen LogP contribution is 2.12. The van der Waals surface area contributed by atoms with E-state index in [1.54, 1.807) is 36.4 Å². The van der Waals surface area contributed by atoms with E-state index in [1.165, 1.54) is 12.1 Å². The summed E-state index contributed by atoms with van der Waals surface area (Å²) in [7, 11) is 0. The number of halogens is 1. The minimum absolute atomic E-state index is 0. The van der Waals surface area contributed by atoms with Crippen LogP contribution in [0.3, 0.4) is 0 Å². The van der Waals surface area contributed by atoms with Gasteiger partial charge in [0.25, 0.3) is 5.91 Å². The number of aromatic carboxylic acids is 1. The Morgan fingerprint density at radius 1 is 0.895 bits per heavy atom. The molecule has 0 saturated heterocycles. The fraction of sp³-hybridized carbons (Fsp3) is 0. The quantitative estimate of drug-likeness (QED) is 0.906. The Labute approximate surface area is 116 Å². The molecule has 2 N–H and O–H groups in total. The van der Waals surface area contributed by atoms with Crippen LogP contribution in [0.4, 0.5) is 5.69 Å². The molecule has 2 aromatic carbocycles. The first kappa shape index (κ1) is 14.7. The van der Waals surface area contributed by atoms with Gasteiger partial charge in [0, 0.05) is 11.3 Å². The molecule has 0 aliphatic heterocycles. The van der Waals surface area contributed by atoms with Crippen LogP contribution >= 0.6 is 12.4 Å². The Bertz CT molecular complexity index is 584. The van der Waals surface area contributed by atoms with Crippen LogP contribution in [0.5, 0.6) is 0 Å². The van der Waals surface area contributed by atoms with Gasteiger partial charge in [0.2, 0.25) is 0 Å². The van der Waals surface area contributed by atoms with Crippen LogP contribution in [0.25, 0.3) is 0 Å². The molecule has 0 aliphatic rings. The van der Waals surface area contributed by atoms with Gasteiger partial charge in [0.15, 0.2) is 0 Å². The molecule has 0 atom stereocenters. The van der Waals surface area contributed by atoms with Crippen molar-refractivity contribution in [3.05, 3.63) is 65.7 Å². The number of amides is 1. The van der Waals surface area contributed by atoms with E-state index < -0.39 is 5.97 Å². The van der Waals surface area contributed by atoms with Crippen LogP contribution in [-0.4, -0.2) is 17.0 Å². The van der Waals surface area contributed by atoms with Crippen molar-refractivity contribution in [3.8, 4) is 0 Å². The minimum Gasteiger partial charge on any atom is -0.478 e.